The third kappa shape index (κ3) is 3.71. The quantitative estimate of drug-likeness (QED) is 0.899. The summed E-state index contributed by atoms with van der Waals surface area (Å²) in [6, 6.07) is 7.82. The lowest BCUT2D eigenvalue weighted by atomic mass is 10.1. The average Bonchev–Trinajstić information content (AvgIpc) is 2.90. The Morgan fingerprint density at radius 1 is 1.19 bits per heavy atom. The predicted molar refractivity (Wildman–Crippen MR) is 91.3 cm³/mol. The molecular formula is C19H17F3N2O2. The molecule has 1 aliphatic rings. The van der Waals surface area contributed by atoms with E-state index in [4.69, 9.17) is 0 Å². The van der Waals surface area contributed by atoms with E-state index in [1.54, 1.807) is 29.2 Å². The van der Waals surface area contributed by atoms with E-state index < -0.39 is 35.3 Å². The van der Waals surface area contributed by atoms with Crippen LogP contribution < -0.4 is 10.2 Å². The second kappa shape index (κ2) is 7.19. The fourth-order valence-electron chi connectivity index (χ4n) is 3.07. The van der Waals surface area contributed by atoms with E-state index in [0.717, 1.165) is 6.42 Å². The highest BCUT2D eigenvalue weighted by Crippen LogP contribution is 2.28. The second-order valence-corrected chi connectivity index (χ2v) is 6.27. The molecule has 136 valence electrons. The summed E-state index contributed by atoms with van der Waals surface area (Å²) >= 11 is 0. The van der Waals surface area contributed by atoms with Crippen LogP contribution in [0.5, 0.6) is 0 Å². The van der Waals surface area contributed by atoms with Crippen molar-refractivity contribution < 1.29 is 22.8 Å². The minimum atomic E-state index is -1.11. The van der Waals surface area contributed by atoms with Gasteiger partial charge in [0.15, 0.2) is 0 Å². The van der Waals surface area contributed by atoms with Crippen LogP contribution in [-0.4, -0.2) is 17.9 Å². The molecule has 3 rings (SSSR count). The number of anilines is 2. The zero-order valence-corrected chi connectivity index (χ0v) is 14.1. The molecule has 0 bridgehead atoms. The van der Waals surface area contributed by atoms with Crippen LogP contribution in [0.3, 0.4) is 0 Å². The Hall–Kier alpha value is -2.83. The van der Waals surface area contributed by atoms with E-state index in [1.165, 1.54) is 0 Å². The van der Waals surface area contributed by atoms with Crippen LogP contribution in [-0.2, 0) is 16.0 Å². The molecule has 1 unspecified atom stereocenters. The molecule has 0 aliphatic carbocycles. The van der Waals surface area contributed by atoms with Crippen LogP contribution >= 0.6 is 0 Å². The van der Waals surface area contributed by atoms with Crippen molar-refractivity contribution in [2.75, 3.05) is 10.2 Å². The Labute approximate surface area is 148 Å². The number of amides is 2. The highest BCUT2D eigenvalue weighted by atomic mass is 19.1. The Morgan fingerprint density at radius 2 is 1.88 bits per heavy atom. The molecule has 26 heavy (non-hydrogen) atoms. The Balaban J connectivity index is 1.74. The Kier molecular flexibility index (Phi) is 4.97. The van der Waals surface area contributed by atoms with Crippen molar-refractivity contribution in [2.24, 2.45) is 0 Å². The van der Waals surface area contributed by atoms with Gasteiger partial charge in [0.05, 0.1) is 6.42 Å². The predicted octanol–water partition coefficient (Wildman–Crippen LogP) is 3.80. The van der Waals surface area contributed by atoms with Crippen LogP contribution in [0, 0.1) is 17.5 Å². The van der Waals surface area contributed by atoms with Crippen molar-refractivity contribution >= 4 is 23.2 Å². The highest BCUT2D eigenvalue weighted by Gasteiger charge is 2.28. The van der Waals surface area contributed by atoms with Crippen molar-refractivity contribution in [1.82, 2.24) is 0 Å². The van der Waals surface area contributed by atoms with E-state index in [9.17, 15) is 22.8 Å². The number of benzene rings is 2. The lowest BCUT2D eigenvalue weighted by Crippen LogP contribution is -2.30. The van der Waals surface area contributed by atoms with Crippen molar-refractivity contribution in [1.29, 1.82) is 0 Å². The van der Waals surface area contributed by atoms with E-state index in [-0.39, 0.29) is 11.9 Å². The van der Waals surface area contributed by atoms with Gasteiger partial charge in [0.25, 0.3) is 0 Å². The van der Waals surface area contributed by atoms with Gasteiger partial charge >= 0.3 is 0 Å². The van der Waals surface area contributed by atoms with Gasteiger partial charge in [-0.3, -0.25) is 9.59 Å². The van der Waals surface area contributed by atoms with Gasteiger partial charge in [-0.25, -0.2) is 13.2 Å². The van der Waals surface area contributed by atoms with Crippen molar-refractivity contribution in [3.63, 3.8) is 0 Å². The van der Waals surface area contributed by atoms with Crippen LogP contribution in [0.4, 0.5) is 24.5 Å². The number of hydrogen-bond donors (Lipinski definition) is 1. The molecule has 1 aliphatic heterocycles. The molecule has 7 heteroatoms. The summed E-state index contributed by atoms with van der Waals surface area (Å²) in [4.78, 5) is 25.8. The Morgan fingerprint density at radius 3 is 2.50 bits per heavy atom. The van der Waals surface area contributed by atoms with Gasteiger partial charge in [0.2, 0.25) is 11.8 Å². The summed E-state index contributed by atoms with van der Waals surface area (Å²) in [5.41, 5.74) is 0.558. The molecular weight excluding hydrogens is 345 g/mol. The lowest BCUT2D eigenvalue weighted by molar-refractivity contribution is -0.117. The number of halogens is 3. The maximum Gasteiger partial charge on any atom is 0.229 e. The maximum atomic E-state index is 13.7. The van der Waals surface area contributed by atoms with Crippen LogP contribution in [0.1, 0.15) is 25.3 Å². The SMILES string of the molecule is CC1CCC(=O)N1c1cccc(NC(=O)Cc2c(F)cc(F)cc2F)c1. The van der Waals surface area contributed by atoms with Crippen LogP contribution in [0.15, 0.2) is 36.4 Å². The normalized spacial score (nSPS) is 16.8. The third-order valence-corrected chi connectivity index (χ3v) is 4.34. The summed E-state index contributed by atoms with van der Waals surface area (Å²) in [6.07, 6.45) is 0.667. The molecule has 0 aromatic heterocycles. The first kappa shape index (κ1) is 18.0. The summed E-state index contributed by atoms with van der Waals surface area (Å²) in [5, 5.41) is 2.55. The first-order valence-corrected chi connectivity index (χ1v) is 8.20. The molecule has 1 atom stereocenters. The molecule has 1 saturated heterocycles. The van der Waals surface area contributed by atoms with E-state index in [0.29, 0.717) is 29.9 Å². The van der Waals surface area contributed by atoms with Crippen molar-refractivity contribution in [3.8, 4) is 0 Å². The molecule has 2 amide bonds. The molecule has 2 aromatic rings. The van der Waals surface area contributed by atoms with Gasteiger partial charge in [0.1, 0.15) is 17.5 Å². The van der Waals surface area contributed by atoms with Gasteiger partial charge in [0, 0.05) is 41.5 Å². The molecule has 2 aromatic carbocycles. The van der Waals surface area contributed by atoms with Crippen molar-refractivity contribution in [2.45, 2.75) is 32.2 Å². The summed E-state index contributed by atoms with van der Waals surface area (Å²) in [7, 11) is 0. The number of carbonyl (C=O) groups is 2. The maximum absolute atomic E-state index is 13.7. The molecule has 0 spiro atoms. The van der Waals surface area contributed by atoms with E-state index in [2.05, 4.69) is 5.32 Å². The highest BCUT2D eigenvalue weighted by molar-refractivity contribution is 5.98. The molecule has 1 fully saturated rings. The lowest BCUT2D eigenvalue weighted by Gasteiger charge is -2.22. The van der Waals surface area contributed by atoms with Gasteiger partial charge in [-0.2, -0.15) is 0 Å². The molecule has 4 nitrogen and oxygen atoms in total. The number of hydrogen-bond acceptors (Lipinski definition) is 2. The minimum Gasteiger partial charge on any atom is -0.326 e. The van der Waals surface area contributed by atoms with Crippen LogP contribution in [0.25, 0.3) is 0 Å². The fraction of sp³-hybridized carbons (Fsp3) is 0.263. The van der Waals surface area contributed by atoms with Gasteiger partial charge in [-0.15, -0.1) is 0 Å². The summed E-state index contributed by atoms with van der Waals surface area (Å²) in [6.45, 7) is 1.94. The zero-order valence-electron chi connectivity index (χ0n) is 14.1. The molecule has 0 saturated carbocycles. The average molecular weight is 362 g/mol. The van der Waals surface area contributed by atoms with E-state index in [1.807, 2.05) is 6.92 Å². The largest absolute Gasteiger partial charge is 0.326 e. The topological polar surface area (TPSA) is 49.4 Å². The molecule has 1 heterocycles. The minimum absolute atomic E-state index is 0.0106. The van der Waals surface area contributed by atoms with Gasteiger partial charge in [-0.05, 0) is 31.5 Å². The monoisotopic (exact) mass is 362 g/mol. The first-order chi connectivity index (χ1) is 12.3. The van der Waals surface area contributed by atoms with Gasteiger partial charge < -0.3 is 10.2 Å². The van der Waals surface area contributed by atoms with Crippen molar-refractivity contribution in [3.05, 3.63) is 59.4 Å². The summed E-state index contributed by atoms with van der Waals surface area (Å²) in [5.74, 6) is -3.89. The number of nitrogens with zero attached hydrogens (tertiary/aromatic N) is 1. The smallest absolute Gasteiger partial charge is 0.229 e. The first-order valence-electron chi connectivity index (χ1n) is 8.20. The third-order valence-electron chi connectivity index (χ3n) is 4.34. The fourth-order valence-corrected chi connectivity index (χ4v) is 3.07. The molecule has 0 radical (unpaired) electrons. The Bertz CT molecular complexity index is 847. The standard InChI is InChI=1S/C19H17F3N2O2/c1-11-5-6-19(26)24(11)14-4-2-3-13(9-14)23-18(25)10-15-16(21)7-12(20)8-17(15)22/h2-4,7-9,11H,5-6,10H2,1H3,(H,23,25). The number of nitrogens with one attached hydrogen (secondary N) is 1. The number of carbonyl (C=O) groups excluding carboxylic acids is 2. The van der Waals surface area contributed by atoms with E-state index >= 15 is 0 Å². The summed E-state index contributed by atoms with van der Waals surface area (Å²) < 4.78 is 40.3. The van der Waals surface area contributed by atoms with Gasteiger partial charge in [-0.1, -0.05) is 6.07 Å². The second-order valence-electron chi connectivity index (χ2n) is 6.27. The number of rotatable bonds is 4. The van der Waals surface area contributed by atoms with Crippen LogP contribution in [0.2, 0.25) is 0 Å². The zero-order chi connectivity index (χ0) is 18.8. The molecule has 1 N–H and O–H groups in total.